The number of carbonyl (C=O) groups excluding carboxylic acids is 1. The normalized spacial score (nSPS) is 11.6. The SMILES string of the molecule is CCC(O)CCNC(=O)c1cccc(SCC#N)c1. The summed E-state index contributed by atoms with van der Waals surface area (Å²) in [6.45, 7) is 2.37. The molecule has 1 unspecified atom stereocenters. The Morgan fingerprint density at radius 3 is 3.05 bits per heavy atom. The Morgan fingerprint density at radius 2 is 2.37 bits per heavy atom. The van der Waals surface area contributed by atoms with E-state index in [1.807, 2.05) is 13.0 Å². The fraction of sp³-hybridized carbons (Fsp3) is 0.429. The minimum Gasteiger partial charge on any atom is -0.393 e. The molecule has 4 nitrogen and oxygen atoms in total. The summed E-state index contributed by atoms with van der Waals surface area (Å²) < 4.78 is 0. The summed E-state index contributed by atoms with van der Waals surface area (Å²) in [5.74, 6) is 0.219. The highest BCUT2D eigenvalue weighted by Crippen LogP contribution is 2.18. The molecule has 0 saturated heterocycles. The molecule has 0 saturated carbocycles. The lowest BCUT2D eigenvalue weighted by atomic mass is 10.2. The van der Waals surface area contributed by atoms with E-state index in [0.29, 0.717) is 30.7 Å². The lowest BCUT2D eigenvalue weighted by Gasteiger charge is -2.09. The van der Waals surface area contributed by atoms with Gasteiger partial charge in [0.15, 0.2) is 0 Å². The second-order valence-electron chi connectivity index (χ2n) is 4.08. The van der Waals surface area contributed by atoms with E-state index >= 15 is 0 Å². The van der Waals surface area contributed by atoms with Crippen LogP contribution in [-0.4, -0.2) is 29.4 Å². The van der Waals surface area contributed by atoms with Gasteiger partial charge in [-0.1, -0.05) is 13.0 Å². The smallest absolute Gasteiger partial charge is 0.251 e. The molecule has 2 N–H and O–H groups in total. The Morgan fingerprint density at radius 1 is 1.58 bits per heavy atom. The maximum absolute atomic E-state index is 11.9. The molecule has 0 bridgehead atoms. The highest BCUT2D eigenvalue weighted by Gasteiger charge is 2.07. The van der Waals surface area contributed by atoms with Crippen LogP contribution in [0, 0.1) is 11.3 Å². The quantitative estimate of drug-likeness (QED) is 0.750. The number of aliphatic hydroxyl groups excluding tert-OH is 1. The number of rotatable bonds is 7. The number of thioether (sulfide) groups is 1. The molecule has 1 aromatic carbocycles. The molecule has 0 aliphatic heterocycles. The Bertz CT molecular complexity index is 457. The molecule has 0 aromatic heterocycles. The largest absolute Gasteiger partial charge is 0.393 e. The number of aliphatic hydroxyl groups is 1. The zero-order valence-electron chi connectivity index (χ0n) is 10.9. The van der Waals surface area contributed by atoms with Crippen LogP contribution in [0.25, 0.3) is 0 Å². The first kappa shape index (κ1) is 15.5. The van der Waals surface area contributed by atoms with Crippen molar-refractivity contribution < 1.29 is 9.90 Å². The number of amides is 1. The molecule has 0 heterocycles. The number of nitriles is 1. The van der Waals surface area contributed by atoms with Crippen molar-refractivity contribution in [3.63, 3.8) is 0 Å². The van der Waals surface area contributed by atoms with Crippen molar-refractivity contribution in [3.8, 4) is 6.07 Å². The van der Waals surface area contributed by atoms with Gasteiger partial charge in [-0.25, -0.2) is 0 Å². The molecule has 1 aromatic rings. The summed E-state index contributed by atoms with van der Waals surface area (Å²) >= 11 is 1.40. The minimum atomic E-state index is -0.363. The molecule has 5 heteroatoms. The van der Waals surface area contributed by atoms with E-state index in [2.05, 4.69) is 11.4 Å². The van der Waals surface area contributed by atoms with Crippen molar-refractivity contribution in [1.82, 2.24) is 5.32 Å². The van der Waals surface area contributed by atoms with Gasteiger partial charge in [0.1, 0.15) is 0 Å². The van der Waals surface area contributed by atoms with E-state index in [1.165, 1.54) is 11.8 Å². The second-order valence-corrected chi connectivity index (χ2v) is 5.13. The third-order valence-corrected chi connectivity index (χ3v) is 3.49. The summed E-state index contributed by atoms with van der Waals surface area (Å²) in [5, 5.41) is 20.7. The van der Waals surface area contributed by atoms with Crippen LogP contribution < -0.4 is 5.32 Å². The second kappa shape index (κ2) is 8.57. The van der Waals surface area contributed by atoms with Gasteiger partial charge in [-0.05, 0) is 31.0 Å². The van der Waals surface area contributed by atoms with Crippen LogP contribution in [-0.2, 0) is 0 Å². The Hall–Kier alpha value is -1.51. The van der Waals surface area contributed by atoms with Gasteiger partial charge in [-0.2, -0.15) is 5.26 Å². The fourth-order valence-electron chi connectivity index (χ4n) is 1.50. The number of nitrogens with one attached hydrogen (secondary N) is 1. The van der Waals surface area contributed by atoms with Gasteiger partial charge < -0.3 is 10.4 Å². The maximum atomic E-state index is 11.9. The first-order chi connectivity index (χ1) is 9.17. The van der Waals surface area contributed by atoms with E-state index in [1.54, 1.807) is 18.2 Å². The van der Waals surface area contributed by atoms with Gasteiger partial charge in [0.05, 0.1) is 17.9 Å². The Kier molecular flexibility index (Phi) is 7.01. The summed E-state index contributed by atoms with van der Waals surface area (Å²) in [7, 11) is 0. The van der Waals surface area contributed by atoms with Crippen LogP contribution in [0.5, 0.6) is 0 Å². The zero-order valence-corrected chi connectivity index (χ0v) is 11.7. The van der Waals surface area contributed by atoms with Gasteiger partial charge in [0, 0.05) is 17.0 Å². The average molecular weight is 278 g/mol. The zero-order chi connectivity index (χ0) is 14.1. The number of carbonyl (C=O) groups is 1. The van der Waals surface area contributed by atoms with Crippen LogP contribution in [0.15, 0.2) is 29.2 Å². The van der Waals surface area contributed by atoms with Crippen molar-refractivity contribution in [2.75, 3.05) is 12.3 Å². The molecule has 1 atom stereocenters. The molecular formula is C14H18N2O2S. The molecule has 0 radical (unpaired) electrons. The minimum absolute atomic E-state index is 0.150. The van der Waals surface area contributed by atoms with Gasteiger partial charge in [-0.3, -0.25) is 4.79 Å². The number of nitrogens with zero attached hydrogens (tertiary/aromatic N) is 1. The van der Waals surface area contributed by atoms with Crippen LogP contribution in [0.4, 0.5) is 0 Å². The average Bonchev–Trinajstić information content (AvgIpc) is 2.45. The van der Waals surface area contributed by atoms with E-state index in [9.17, 15) is 9.90 Å². The molecule has 1 rings (SSSR count). The molecule has 102 valence electrons. The fourth-order valence-corrected chi connectivity index (χ4v) is 2.12. The molecular weight excluding hydrogens is 260 g/mol. The standard InChI is InChI=1S/C14H18N2O2S/c1-2-12(17)6-8-16-14(18)11-4-3-5-13(10-11)19-9-7-15/h3-5,10,12,17H,2,6,8-9H2,1H3,(H,16,18). The van der Waals surface area contributed by atoms with Crippen molar-refractivity contribution >= 4 is 17.7 Å². The Balaban J connectivity index is 2.50. The summed E-state index contributed by atoms with van der Waals surface area (Å²) in [6, 6.07) is 9.24. The summed E-state index contributed by atoms with van der Waals surface area (Å²) in [6.07, 6.45) is 0.888. The molecule has 0 fully saturated rings. The first-order valence-electron chi connectivity index (χ1n) is 6.23. The number of hydrogen-bond acceptors (Lipinski definition) is 4. The molecule has 0 aliphatic carbocycles. The number of benzene rings is 1. The highest BCUT2D eigenvalue weighted by molar-refractivity contribution is 7.99. The van der Waals surface area contributed by atoms with Crippen molar-refractivity contribution in [2.45, 2.75) is 30.8 Å². The maximum Gasteiger partial charge on any atom is 0.251 e. The predicted molar refractivity (Wildman–Crippen MR) is 76.0 cm³/mol. The van der Waals surface area contributed by atoms with Crippen LogP contribution in [0.3, 0.4) is 0 Å². The summed E-state index contributed by atoms with van der Waals surface area (Å²) in [4.78, 5) is 12.8. The van der Waals surface area contributed by atoms with Crippen molar-refractivity contribution in [2.24, 2.45) is 0 Å². The molecule has 0 aliphatic rings. The van der Waals surface area contributed by atoms with Crippen LogP contribution >= 0.6 is 11.8 Å². The topological polar surface area (TPSA) is 73.1 Å². The third kappa shape index (κ3) is 5.77. The van der Waals surface area contributed by atoms with Gasteiger partial charge in [0.25, 0.3) is 5.91 Å². The lowest BCUT2D eigenvalue weighted by Crippen LogP contribution is -2.27. The predicted octanol–water partition coefficient (Wildman–Crippen LogP) is 2.19. The van der Waals surface area contributed by atoms with Crippen LogP contribution in [0.2, 0.25) is 0 Å². The number of hydrogen-bond donors (Lipinski definition) is 2. The van der Waals surface area contributed by atoms with E-state index in [4.69, 9.17) is 5.26 Å². The highest BCUT2D eigenvalue weighted by atomic mass is 32.2. The van der Waals surface area contributed by atoms with E-state index in [0.717, 1.165) is 4.90 Å². The van der Waals surface area contributed by atoms with Crippen LogP contribution in [0.1, 0.15) is 30.1 Å². The van der Waals surface area contributed by atoms with Gasteiger partial charge >= 0.3 is 0 Å². The Labute approximate surface area is 117 Å². The third-order valence-electron chi connectivity index (χ3n) is 2.63. The van der Waals surface area contributed by atoms with Crippen molar-refractivity contribution in [3.05, 3.63) is 29.8 Å². The summed E-state index contributed by atoms with van der Waals surface area (Å²) in [5.41, 5.74) is 0.578. The molecule has 1 amide bonds. The van der Waals surface area contributed by atoms with Crippen molar-refractivity contribution in [1.29, 1.82) is 5.26 Å². The lowest BCUT2D eigenvalue weighted by molar-refractivity contribution is 0.0941. The van der Waals surface area contributed by atoms with E-state index < -0.39 is 0 Å². The van der Waals surface area contributed by atoms with Gasteiger partial charge in [-0.15, -0.1) is 11.8 Å². The van der Waals surface area contributed by atoms with E-state index in [-0.39, 0.29) is 12.0 Å². The monoisotopic (exact) mass is 278 g/mol. The first-order valence-corrected chi connectivity index (χ1v) is 7.22. The van der Waals surface area contributed by atoms with Gasteiger partial charge in [0.2, 0.25) is 0 Å². The molecule has 19 heavy (non-hydrogen) atoms. The molecule has 0 spiro atoms.